The molecule has 2 amide bonds. The lowest BCUT2D eigenvalue weighted by Crippen LogP contribution is -2.60. The highest BCUT2D eigenvalue weighted by molar-refractivity contribution is 6.34. The molecule has 4 rings (SSSR count). The number of hydrogen-bond donors (Lipinski definition) is 1. The van der Waals surface area contributed by atoms with Crippen LogP contribution < -0.4 is 4.90 Å². The van der Waals surface area contributed by atoms with Gasteiger partial charge in [0, 0.05) is 6.54 Å². The molecule has 1 spiro atoms. The van der Waals surface area contributed by atoms with Crippen molar-refractivity contribution in [1.29, 1.82) is 0 Å². The van der Waals surface area contributed by atoms with Crippen LogP contribution in [0.1, 0.15) is 58.9 Å². The van der Waals surface area contributed by atoms with E-state index in [1.807, 2.05) is 52.8 Å². The van der Waals surface area contributed by atoms with Crippen molar-refractivity contribution in [2.24, 2.45) is 23.7 Å². The maximum absolute atomic E-state index is 14.9. The number of para-hydroxylation sites is 1. The largest absolute Gasteiger partial charge is 0.465 e. The summed E-state index contributed by atoms with van der Waals surface area (Å²) in [4.78, 5) is 46.2. The van der Waals surface area contributed by atoms with Gasteiger partial charge in [0.2, 0.25) is 5.91 Å². The number of halogens is 1. The molecule has 3 aliphatic heterocycles. The van der Waals surface area contributed by atoms with Crippen LogP contribution in [0.5, 0.6) is 0 Å². The summed E-state index contributed by atoms with van der Waals surface area (Å²) in [5.74, 6) is -3.31. The zero-order valence-electron chi connectivity index (χ0n) is 25.5. The van der Waals surface area contributed by atoms with Crippen LogP contribution in [-0.4, -0.2) is 70.8 Å². The molecule has 1 aromatic carbocycles. The molecule has 3 unspecified atom stereocenters. The predicted octanol–water partition coefficient (Wildman–Crippen LogP) is 5.09. The number of ether oxygens (including phenoxy) is 2. The summed E-state index contributed by atoms with van der Waals surface area (Å²) in [6.07, 6.45) is 6.21. The number of unbranched alkanes of at least 4 members (excludes halogenated alkanes) is 2. The Labute approximate surface area is 254 Å². The zero-order chi connectivity index (χ0) is 31.0. The number of amides is 2. The average molecular weight is 601 g/mol. The lowest BCUT2D eigenvalue weighted by atomic mass is 9.62. The van der Waals surface area contributed by atoms with E-state index in [9.17, 15) is 19.5 Å². The van der Waals surface area contributed by atoms with Crippen LogP contribution in [0.3, 0.4) is 0 Å². The van der Waals surface area contributed by atoms with Crippen LogP contribution in [0.4, 0.5) is 5.69 Å². The Hall–Kier alpha value is -2.68. The van der Waals surface area contributed by atoms with Gasteiger partial charge in [-0.2, -0.15) is 0 Å². The Morgan fingerprint density at radius 3 is 2.60 bits per heavy atom. The molecule has 2 bridgehead atoms. The molecule has 230 valence electrons. The van der Waals surface area contributed by atoms with E-state index < -0.39 is 41.1 Å². The van der Waals surface area contributed by atoms with Crippen LogP contribution in [0.15, 0.2) is 43.5 Å². The van der Waals surface area contributed by atoms with Gasteiger partial charge in [-0.1, -0.05) is 56.7 Å². The Bertz CT molecular complexity index is 1210. The highest BCUT2D eigenvalue weighted by atomic mass is 35.5. The first-order chi connectivity index (χ1) is 19.9. The number of allylic oxidation sites excluding steroid dienone is 1. The Kier molecular flexibility index (Phi) is 9.60. The first-order valence-electron chi connectivity index (χ1n) is 15.0. The smallest absolute Gasteiger partial charge is 0.312 e. The maximum Gasteiger partial charge on any atom is 0.312 e. The number of fused-ring (bicyclic) bond motifs is 1. The zero-order valence-corrected chi connectivity index (χ0v) is 26.2. The number of carbonyl (C=O) groups is 3. The Morgan fingerprint density at radius 1 is 1.29 bits per heavy atom. The lowest BCUT2D eigenvalue weighted by molar-refractivity contribution is -0.163. The fourth-order valence-corrected chi connectivity index (χ4v) is 7.80. The van der Waals surface area contributed by atoms with Gasteiger partial charge in [-0.15, -0.1) is 13.2 Å². The van der Waals surface area contributed by atoms with Crippen LogP contribution in [0.2, 0.25) is 5.02 Å². The lowest BCUT2D eigenvalue weighted by Gasteiger charge is -2.41. The third kappa shape index (κ3) is 5.09. The molecule has 1 aromatic rings. The summed E-state index contributed by atoms with van der Waals surface area (Å²) < 4.78 is 12.6. The number of aliphatic hydroxyl groups is 1. The molecular weight excluding hydrogens is 556 g/mol. The van der Waals surface area contributed by atoms with E-state index in [1.165, 1.54) is 4.90 Å². The molecule has 7 atom stereocenters. The van der Waals surface area contributed by atoms with E-state index in [-0.39, 0.29) is 43.4 Å². The van der Waals surface area contributed by atoms with Crippen LogP contribution in [0, 0.1) is 30.6 Å². The van der Waals surface area contributed by atoms with Gasteiger partial charge in [0.15, 0.2) is 0 Å². The van der Waals surface area contributed by atoms with Crippen molar-refractivity contribution in [1.82, 2.24) is 4.90 Å². The molecule has 3 heterocycles. The molecule has 0 radical (unpaired) electrons. The summed E-state index contributed by atoms with van der Waals surface area (Å²) in [6, 6.07) is 3.66. The second kappa shape index (κ2) is 12.5. The van der Waals surface area contributed by atoms with Gasteiger partial charge in [0.05, 0.1) is 41.5 Å². The highest BCUT2D eigenvalue weighted by Gasteiger charge is 2.81. The molecular formula is C33H45ClN2O6. The number of rotatable bonds is 13. The number of hydrogen-bond acceptors (Lipinski definition) is 6. The van der Waals surface area contributed by atoms with E-state index in [0.29, 0.717) is 23.6 Å². The van der Waals surface area contributed by atoms with Crippen LogP contribution in [-0.2, 0) is 23.9 Å². The number of benzene rings is 1. The molecule has 1 N–H and O–H groups in total. The highest BCUT2D eigenvalue weighted by Crippen LogP contribution is 2.66. The molecule has 3 saturated heterocycles. The van der Waals surface area contributed by atoms with Gasteiger partial charge < -0.3 is 24.4 Å². The third-order valence-corrected chi connectivity index (χ3v) is 9.94. The maximum atomic E-state index is 14.9. The molecule has 3 aliphatic rings. The van der Waals surface area contributed by atoms with Crippen molar-refractivity contribution in [2.75, 3.05) is 24.7 Å². The van der Waals surface area contributed by atoms with Gasteiger partial charge in [0.1, 0.15) is 17.6 Å². The number of anilines is 1. The van der Waals surface area contributed by atoms with Crippen LogP contribution in [0.25, 0.3) is 0 Å². The minimum absolute atomic E-state index is 0.128. The summed E-state index contributed by atoms with van der Waals surface area (Å²) in [7, 11) is 0. The van der Waals surface area contributed by atoms with E-state index in [2.05, 4.69) is 13.2 Å². The second-order valence-electron chi connectivity index (χ2n) is 12.5. The van der Waals surface area contributed by atoms with Crippen LogP contribution >= 0.6 is 11.6 Å². The number of likely N-dealkylation sites (tertiary alicyclic amines) is 1. The van der Waals surface area contributed by atoms with Crippen molar-refractivity contribution < 1.29 is 29.0 Å². The quantitative estimate of drug-likeness (QED) is 0.192. The van der Waals surface area contributed by atoms with E-state index in [1.54, 1.807) is 17.0 Å². The SMILES string of the molecule is C=CCCCCOC(=O)[C@H]1[C@H]2C(=O)N([C@@H](CO)C(C)C)C(C(=O)N(CC=C)c3c(C)cccc3Cl)C23CC(C)[C@]1(C)O3. The first kappa shape index (κ1) is 32.2. The first-order valence-corrected chi connectivity index (χ1v) is 15.4. The van der Waals surface area contributed by atoms with Gasteiger partial charge in [-0.25, -0.2) is 0 Å². The van der Waals surface area contributed by atoms with Gasteiger partial charge in [-0.3, -0.25) is 14.4 Å². The van der Waals surface area contributed by atoms with Gasteiger partial charge in [-0.05, 0) is 63.0 Å². The number of carbonyl (C=O) groups excluding carboxylic acids is 3. The summed E-state index contributed by atoms with van der Waals surface area (Å²) >= 11 is 6.65. The van der Waals surface area contributed by atoms with Crippen molar-refractivity contribution in [3.05, 3.63) is 54.1 Å². The topological polar surface area (TPSA) is 96.4 Å². The van der Waals surface area contributed by atoms with Crippen molar-refractivity contribution in [3.63, 3.8) is 0 Å². The number of aryl methyl sites for hydroxylation is 1. The van der Waals surface area contributed by atoms with E-state index in [4.69, 9.17) is 21.1 Å². The fraction of sp³-hybridized carbons (Fsp3) is 0.606. The fourth-order valence-electron chi connectivity index (χ4n) is 7.48. The van der Waals surface area contributed by atoms with Gasteiger partial charge in [0.25, 0.3) is 5.91 Å². The Balaban J connectivity index is 1.82. The molecule has 0 saturated carbocycles. The van der Waals surface area contributed by atoms with Crippen molar-refractivity contribution in [2.45, 2.75) is 83.6 Å². The standard InChI is InChI=1S/C33H45ClN2O6/c1-8-10-11-12-17-41-31(40)26-25-29(38)36(24(19-37)20(3)4)28(33(25)18-22(6)32(26,7)42-33)30(39)35(16-9-2)27-21(5)14-13-15-23(27)34/h8-9,13-15,20,22,24-26,28,37H,1-2,10-12,16-19H2,3-7H3/t22?,24-,25-,26+,28?,32-,33?/m0/s1. The summed E-state index contributed by atoms with van der Waals surface area (Å²) in [5, 5.41) is 10.9. The number of aliphatic hydroxyl groups excluding tert-OH is 1. The van der Waals surface area contributed by atoms with Crippen molar-refractivity contribution >= 4 is 35.1 Å². The average Bonchev–Trinajstić information content (AvgIpc) is 3.44. The molecule has 0 aliphatic carbocycles. The van der Waals surface area contributed by atoms with Gasteiger partial charge >= 0.3 is 5.97 Å². The minimum Gasteiger partial charge on any atom is -0.465 e. The third-order valence-electron chi connectivity index (χ3n) is 9.64. The molecule has 8 nitrogen and oxygen atoms in total. The molecule has 42 heavy (non-hydrogen) atoms. The molecule has 0 aromatic heterocycles. The minimum atomic E-state index is -1.27. The van der Waals surface area contributed by atoms with E-state index in [0.717, 1.165) is 18.4 Å². The summed E-state index contributed by atoms with van der Waals surface area (Å²) in [6.45, 7) is 17.2. The normalized spacial score (nSPS) is 30.4. The number of nitrogens with zero attached hydrogens (tertiary/aromatic N) is 2. The number of esters is 1. The molecule has 9 heteroatoms. The Morgan fingerprint density at radius 2 is 2.00 bits per heavy atom. The predicted molar refractivity (Wildman–Crippen MR) is 163 cm³/mol. The molecule has 3 fully saturated rings. The monoisotopic (exact) mass is 600 g/mol. The summed E-state index contributed by atoms with van der Waals surface area (Å²) in [5.41, 5.74) is -0.936. The van der Waals surface area contributed by atoms with E-state index >= 15 is 0 Å². The van der Waals surface area contributed by atoms with Crippen molar-refractivity contribution in [3.8, 4) is 0 Å². The second-order valence-corrected chi connectivity index (χ2v) is 12.9.